The number of hydrogen-bond donors (Lipinski definition) is 0. The van der Waals surface area contributed by atoms with Gasteiger partial charge < -0.3 is 9.47 Å². The lowest BCUT2D eigenvalue weighted by atomic mass is 9.93. The molecule has 0 N–H and O–H groups in total. The smallest absolute Gasteiger partial charge is 0.298 e. The highest BCUT2D eigenvalue weighted by Gasteiger charge is 2.31. The molecule has 1 aromatic heterocycles. The van der Waals surface area contributed by atoms with Gasteiger partial charge in [0.2, 0.25) is 0 Å². The van der Waals surface area contributed by atoms with Gasteiger partial charge in [0, 0.05) is 59.0 Å². The zero-order valence-electron chi connectivity index (χ0n) is 21.5. The molecule has 5 rings (SSSR count). The summed E-state index contributed by atoms with van der Waals surface area (Å²) in [5, 5.41) is 11.8. The largest absolute Gasteiger partial charge is 0.343 e. The molecule has 1 aliphatic heterocycles. The Balaban J connectivity index is 1.46. The molecule has 0 amide bonds. The molecule has 1 saturated heterocycles. The molecule has 3 aromatic rings. The van der Waals surface area contributed by atoms with E-state index < -0.39 is 31.0 Å². The van der Waals surface area contributed by atoms with Gasteiger partial charge in [0.25, 0.3) is 15.8 Å². The van der Waals surface area contributed by atoms with Crippen molar-refractivity contribution in [3.63, 3.8) is 0 Å². The zero-order chi connectivity index (χ0) is 27.9. The number of sulfone groups is 1. The molecule has 1 aliphatic carbocycles. The van der Waals surface area contributed by atoms with Crippen molar-refractivity contribution in [2.24, 2.45) is 0 Å². The van der Waals surface area contributed by atoms with Crippen LogP contribution in [-0.4, -0.2) is 63.2 Å². The second kappa shape index (κ2) is 10.9. The van der Waals surface area contributed by atoms with Crippen LogP contribution in [0.15, 0.2) is 50.7 Å². The number of nitrogens with zero attached hydrogens (tertiary/aromatic N) is 3. The average Bonchev–Trinajstić information content (AvgIpc) is 3.19. The molecule has 1 unspecified atom stereocenters. The van der Waals surface area contributed by atoms with E-state index >= 15 is 0 Å². The molecule has 0 saturated carbocycles. The summed E-state index contributed by atoms with van der Waals surface area (Å²) in [6.07, 6.45) is 5.52. The summed E-state index contributed by atoms with van der Waals surface area (Å²) in [7, 11) is -7.65. The van der Waals surface area contributed by atoms with Crippen molar-refractivity contribution in [3.8, 4) is 0 Å². The van der Waals surface area contributed by atoms with E-state index in [2.05, 4.69) is 25.4 Å². The van der Waals surface area contributed by atoms with E-state index in [9.17, 15) is 26.9 Å². The molecule has 2 aromatic carbocycles. The van der Waals surface area contributed by atoms with E-state index in [-0.39, 0.29) is 20.0 Å². The summed E-state index contributed by atoms with van der Waals surface area (Å²) >= 11 is 3.13. The lowest BCUT2D eigenvalue weighted by Crippen LogP contribution is -2.33. The van der Waals surface area contributed by atoms with Gasteiger partial charge in [-0.25, -0.2) is 8.42 Å². The number of nitro benzene ring substituents is 1. The van der Waals surface area contributed by atoms with E-state index in [1.165, 1.54) is 25.5 Å². The number of piperidine rings is 1. The summed E-state index contributed by atoms with van der Waals surface area (Å²) in [5.41, 5.74) is 2.69. The van der Waals surface area contributed by atoms with E-state index in [1.807, 2.05) is 6.07 Å². The summed E-state index contributed by atoms with van der Waals surface area (Å²) in [5.74, 6) is 0. The van der Waals surface area contributed by atoms with Crippen LogP contribution in [0.4, 0.5) is 5.69 Å². The highest BCUT2D eigenvalue weighted by molar-refractivity contribution is 9.10. The number of nitro groups is 1. The van der Waals surface area contributed by atoms with E-state index in [0.29, 0.717) is 19.3 Å². The Kier molecular flexibility index (Phi) is 7.90. The summed E-state index contributed by atoms with van der Waals surface area (Å²) in [6, 6.07) is 8.59. The number of benzene rings is 2. The number of fused-ring (bicyclic) bond motifs is 3. The van der Waals surface area contributed by atoms with Gasteiger partial charge in [0.05, 0.1) is 15.9 Å². The van der Waals surface area contributed by atoms with Crippen molar-refractivity contribution in [1.82, 2.24) is 9.47 Å². The lowest BCUT2D eigenvalue weighted by Gasteiger charge is -2.28. The topological polar surface area (TPSA) is 129 Å². The maximum absolute atomic E-state index is 13.1. The van der Waals surface area contributed by atoms with Crippen LogP contribution in [0.5, 0.6) is 0 Å². The number of hydrogen-bond acceptors (Lipinski definition) is 8. The first kappa shape index (κ1) is 28.2. The van der Waals surface area contributed by atoms with Crippen molar-refractivity contribution in [2.45, 2.75) is 61.0 Å². The number of rotatable bonds is 8. The molecule has 1 fully saturated rings. The summed E-state index contributed by atoms with van der Waals surface area (Å²) in [6.45, 7) is 3.81. The third-order valence-electron chi connectivity index (χ3n) is 7.57. The molecule has 0 spiro atoms. The molecule has 1 atom stereocenters. The number of non-ortho nitro benzene ring substituents is 1. The van der Waals surface area contributed by atoms with Crippen LogP contribution in [0.2, 0.25) is 0 Å². The Morgan fingerprint density at radius 2 is 1.79 bits per heavy atom. The second-order valence-corrected chi connectivity index (χ2v) is 14.6. The molecule has 210 valence electrons. The third-order valence-corrected chi connectivity index (χ3v) is 11.0. The van der Waals surface area contributed by atoms with E-state index in [0.717, 1.165) is 66.5 Å². The zero-order valence-corrected chi connectivity index (χ0v) is 24.7. The number of likely N-dealkylation sites (tertiary alicyclic amines) is 1. The molecule has 39 heavy (non-hydrogen) atoms. The fourth-order valence-electron chi connectivity index (χ4n) is 5.63. The fourth-order valence-corrected chi connectivity index (χ4v) is 8.39. The van der Waals surface area contributed by atoms with Crippen LogP contribution < -0.4 is 0 Å². The van der Waals surface area contributed by atoms with Gasteiger partial charge in [-0.1, -0.05) is 6.42 Å². The molecule has 2 aliphatic rings. The SMILES string of the molecule is CS(=O)(=O)c1ccc2c(c1)c1c(n2CCN2CCCCC2)CCC(OS(=O)(=O)c2ccc([N+](=O)[O-])cc2Br)C1. The van der Waals surface area contributed by atoms with Crippen molar-refractivity contribution in [3.05, 3.63) is 62.2 Å². The van der Waals surface area contributed by atoms with Crippen LogP contribution in [0.3, 0.4) is 0 Å². The van der Waals surface area contributed by atoms with Gasteiger partial charge >= 0.3 is 0 Å². The van der Waals surface area contributed by atoms with E-state index in [4.69, 9.17) is 4.18 Å². The molecule has 0 bridgehead atoms. The van der Waals surface area contributed by atoms with Gasteiger partial charge in [0.1, 0.15) is 4.90 Å². The van der Waals surface area contributed by atoms with Gasteiger partial charge in [-0.3, -0.25) is 14.3 Å². The molecule has 0 radical (unpaired) electrons. The molecule has 2 heterocycles. The Labute approximate surface area is 236 Å². The fraction of sp³-hybridized carbons (Fsp3) is 0.462. The third kappa shape index (κ3) is 5.92. The molecular formula is C26H30BrN3O7S2. The number of aromatic nitrogens is 1. The minimum absolute atomic E-state index is 0.0558. The van der Waals surface area contributed by atoms with Gasteiger partial charge in [-0.05, 0) is 84.5 Å². The van der Waals surface area contributed by atoms with Crippen molar-refractivity contribution < 1.29 is 25.9 Å². The lowest BCUT2D eigenvalue weighted by molar-refractivity contribution is -0.385. The Morgan fingerprint density at radius 3 is 2.46 bits per heavy atom. The highest BCUT2D eigenvalue weighted by atomic mass is 79.9. The number of halogens is 1. The minimum Gasteiger partial charge on any atom is -0.343 e. The van der Waals surface area contributed by atoms with Crippen LogP contribution in [0.25, 0.3) is 10.9 Å². The van der Waals surface area contributed by atoms with E-state index in [1.54, 1.807) is 12.1 Å². The monoisotopic (exact) mass is 639 g/mol. The molecule has 10 nitrogen and oxygen atoms in total. The van der Waals surface area contributed by atoms with Crippen molar-refractivity contribution >= 4 is 52.5 Å². The second-order valence-electron chi connectivity index (χ2n) is 10.2. The maximum atomic E-state index is 13.1. The Morgan fingerprint density at radius 1 is 1.05 bits per heavy atom. The van der Waals surface area contributed by atoms with Gasteiger partial charge in [-0.15, -0.1) is 0 Å². The molecular weight excluding hydrogens is 610 g/mol. The van der Waals surface area contributed by atoms with Crippen LogP contribution in [-0.2, 0) is 43.5 Å². The average molecular weight is 641 g/mol. The first-order chi connectivity index (χ1) is 18.4. The molecule has 13 heteroatoms. The first-order valence-electron chi connectivity index (χ1n) is 12.9. The first-order valence-corrected chi connectivity index (χ1v) is 17.0. The van der Waals surface area contributed by atoms with Crippen molar-refractivity contribution in [2.75, 3.05) is 25.9 Å². The predicted molar refractivity (Wildman–Crippen MR) is 150 cm³/mol. The van der Waals surface area contributed by atoms with Gasteiger partial charge in [0.15, 0.2) is 9.84 Å². The van der Waals surface area contributed by atoms with Crippen molar-refractivity contribution in [1.29, 1.82) is 0 Å². The Bertz CT molecular complexity index is 1650. The summed E-state index contributed by atoms with van der Waals surface area (Å²) in [4.78, 5) is 12.9. The van der Waals surface area contributed by atoms with Gasteiger partial charge in [-0.2, -0.15) is 8.42 Å². The van der Waals surface area contributed by atoms with Crippen LogP contribution in [0, 0.1) is 10.1 Å². The maximum Gasteiger partial charge on any atom is 0.298 e. The quantitative estimate of drug-likeness (QED) is 0.201. The Hall–Kier alpha value is -2.32. The highest BCUT2D eigenvalue weighted by Crippen LogP contribution is 2.36. The standard InChI is InChI=1S/C26H30BrN3O7S2/c1-38(33,34)20-7-9-25-22(17-20)21-16-19(6-8-24(21)29(25)14-13-28-11-3-2-4-12-28)37-39(35,36)26-10-5-18(30(31)32)15-23(26)27/h5,7,9-10,15,17,19H,2-4,6,8,11-14,16H2,1H3. The van der Waals surface area contributed by atoms with Crippen LogP contribution in [0.1, 0.15) is 36.9 Å². The van der Waals surface area contributed by atoms with Crippen LogP contribution >= 0.6 is 15.9 Å². The normalized spacial score (nSPS) is 18.8. The summed E-state index contributed by atoms with van der Waals surface area (Å²) < 4.78 is 58.9. The predicted octanol–water partition coefficient (Wildman–Crippen LogP) is 4.46. The minimum atomic E-state index is -4.22.